The second-order valence-corrected chi connectivity index (χ2v) is 4.76. The van der Waals surface area contributed by atoms with Gasteiger partial charge in [-0.3, -0.25) is 4.68 Å². The predicted molar refractivity (Wildman–Crippen MR) is 67.5 cm³/mol. The molecular formula is C12H18N4O3. The number of carboxylic acid groups (broad SMARTS) is 1. The molecule has 2 N–H and O–H groups in total. The Labute approximate surface area is 111 Å². The van der Waals surface area contributed by atoms with E-state index < -0.39 is 12.0 Å². The number of amides is 2. The van der Waals surface area contributed by atoms with Gasteiger partial charge in [0.05, 0.1) is 5.69 Å². The maximum Gasteiger partial charge on any atom is 0.326 e. The van der Waals surface area contributed by atoms with Crippen molar-refractivity contribution in [2.24, 2.45) is 7.05 Å². The Morgan fingerprint density at radius 2 is 2.32 bits per heavy atom. The predicted octanol–water partition coefficient (Wildman–Crippen LogP) is 0.487. The van der Waals surface area contributed by atoms with Crippen LogP contribution in [0, 0.1) is 6.92 Å². The van der Waals surface area contributed by atoms with E-state index in [9.17, 15) is 9.59 Å². The Morgan fingerprint density at radius 1 is 1.58 bits per heavy atom. The Bertz CT molecular complexity index is 497. The molecule has 1 unspecified atom stereocenters. The number of carbonyl (C=O) groups excluding carboxylic acids is 1. The van der Waals surface area contributed by atoms with Crippen LogP contribution in [-0.4, -0.2) is 44.4 Å². The lowest BCUT2D eigenvalue weighted by Gasteiger charge is -2.21. The standard InChI is InChI=1S/C12H18N4O3/c1-8-9(7-15(2)14-8)6-13-12(19)16-5-3-4-10(16)11(17)18/h7,10H,3-6H2,1-2H3,(H,13,19)(H,17,18). The van der Waals surface area contributed by atoms with Gasteiger partial charge in [-0.15, -0.1) is 0 Å². The molecule has 1 aliphatic heterocycles. The number of carbonyl (C=O) groups is 2. The molecule has 1 aromatic rings. The number of nitrogens with one attached hydrogen (secondary N) is 1. The van der Waals surface area contributed by atoms with Gasteiger partial charge >= 0.3 is 12.0 Å². The smallest absolute Gasteiger partial charge is 0.326 e. The Balaban J connectivity index is 1.94. The number of urea groups is 1. The fourth-order valence-corrected chi connectivity index (χ4v) is 2.36. The summed E-state index contributed by atoms with van der Waals surface area (Å²) in [7, 11) is 1.82. The molecule has 0 radical (unpaired) electrons. The Morgan fingerprint density at radius 3 is 2.89 bits per heavy atom. The summed E-state index contributed by atoms with van der Waals surface area (Å²) in [5, 5.41) is 16.0. The normalized spacial score (nSPS) is 18.6. The molecule has 2 rings (SSSR count). The second kappa shape index (κ2) is 5.29. The third-order valence-corrected chi connectivity index (χ3v) is 3.34. The minimum Gasteiger partial charge on any atom is -0.480 e. The largest absolute Gasteiger partial charge is 0.480 e. The first-order valence-electron chi connectivity index (χ1n) is 6.25. The lowest BCUT2D eigenvalue weighted by molar-refractivity contribution is -0.141. The topological polar surface area (TPSA) is 87.5 Å². The molecule has 1 saturated heterocycles. The number of likely N-dealkylation sites (tertiary alicyclic amines) is 1. The highest BCUT2D eigenvalue weighted by atomic mass is 16.4. The number of aromatic nitrogens is 2. The van der Waals surface area contributed by atoms with Crippen LogP contribution in [0.25, 0.3) is 0 Å². The maximum absolute atomic E-state index is 12.0. The summed E-state index contributed by atoms with van der Waals surface area (Å²) in [6.07, 6.45) is 3.10. The molecule has 1 fully saturated rings. The van der Waals surface area contributed by atoms with Crippen molar-refractivity contribution in [2.75, 3.05) is 6.54 Å². The fraction of sp³-hybridized carbons (Fsp3) is 0.583. The van der Waals surface area contributed by atoms with Gasteiger partial charge in [-0.25, -0.2) is 9.59 Å². The summed E-state index contributed by atoms with van der Waals surface area (Å²) >= 11 is 0. The zero-order chi connectivity index (χ0) is 14.0. The van der Waals surface area contributed by atoms with Crippen molar-refractivity contribution in [1.82, 2.24) is 20.0 Å². The van der Waals surface area contributed by atoms with Crippen molar-refractivity contribution >= 4 is 12.0 Å². The van der Waals surface area contributed by atoms with Crippen molar-refractivity contribution in [1.29, 1.82) is 0 Å². The minimum atomic E-state index is -0.940. The number of nitrogens with zero attached hydrogens (tertiary/aromatic N) is 3. The minimum absolute atomic E-state index is 0.326. The van der Waals surface area contributed by atoms with Crippen molar-refractivity contribution in [3.05, 3.63) is 17.5 Å². The van der Waals surface area contributed by atoms with Gasteiger partial charge in [0, 0.05) is 31.9 Å². The average Bonchev–Trinajstić information content (AvgIpc) is 2.93. The number of carboxylic acids is 1. The molecule has 0 saturated carbocycles. The molecule has 0 spiro atoms. The summed E-state index contributed by atoms with van der Waals surface area (Å²) in [4.78, 5) is 24.4. The summed E-state index contributed by atoms with van der Waals surface area (Å²) in [6.45, 7) is 2.73. The van der Waals surface area contributed by atoms with Gasteiger partial charge in [0.15, 0.2) is 0 Å². The fourth-order valence-electron chi connectivity index (χ4n) is 2.36. The van der Waals surface area contributed by atoms with Crippen molar-refractivity contribution < 1.29 is 14.7 Å². The van der Waals surface area contributed by atoms with E-state index in [-0.39, 0.29) is 6.03 Å². The zero-order valence-corrected chi connectivity index (χ0v) is 11.1. The zero-order valence-electron chi connectivity index (χ0n) is 11.1. The van der Waals surface area contributed by atoms with Gasteiger partial charge in [-0.05, 0) is 19.8 Å². The highest BCUT2D eigenvalue weighted by Crippen LogP contribution is 2.17. The van der Waals surface area contributed by atoms with Crippen LogP contribution in [0.5, 0.6) is 0 Å². The highest BCUT2D eigenvalue weighted by molar-refractivity contribution is 5.83. The van der Waals surface area contributed by atoms with E-state index in [2.05, 4.69) is 10.4 Å². The Kier molecular flexibility index (Phi) is 3.73. The molecule has 2 heterocycles. The molecular weight excluding hydrogens is 248 g/mol. The molecule has 19 heavy (non-hydrogen) atoms. The number of hydrogen-bond acceptors (Lipinski definition) is 3. The second-order valence-electron chi connectivity index (χ2n) is 4.76. The molecule has 104 valence electrons. The molecule has 7 heteroatoms. The average molecular weight is 266 g/mol. The highest BCUT2D eigenvalue weighted by Gasteiger charge is 2.33. The quantitative estimate of drug-likeness (QED) is 0.833. The third-order valence-electron chi connectivity index (χ3n) is 3.34. The van der Waals surface area contributed by atoms with Crippen LogP contribution < -0.4 is 5.32 Å². The van der Waals surface area contributed by atoms with E-state index in [4.69, 9.17) is 5.11 Å². The number of rotatable bonds is 3. The van der Waals surface area contributed by atoms with Crippen LogP contribution >= 0.6 is 0 Å². The third kappa shape index (κ3) is 2.86. The van der Waals surface area contributed by atoms with Gasteiger partial charge < -0.3 is 15.3 Å². The molecule has 0 bridgehead atoms. The van der Waals surface area contributed by atoms with Crippen LogP contribution in [0.1, 0.15) is 24.1 Å². The molecule has 1 atom stereocenters. The molecule has 2 amide bonds. The lowest BCUT2D eigenvalue weighted by atomic mass is 10.2. The summed E-state index contributed by atoms with van der Waals surface area (Å²) in [5.74, 6) is -0.940. The van der Waals surface area contributed by atoms with E-state index in [0.29, 0.717) is 19.5 Å². The van der Waals surface area contributed by atoms with Crippen molar-refractivity contribution in [3.8, 4) is 0 Å². The monoisotopic (exact) mass is 266 g/mol. The molecule has 0 aromatic carbocycles. The number of hydrogen-bond donors (Lipinski definition) is 2. The van der Waals surface area contributed by atoms with Gasteiger partial charge in [0.2, 0.25) is 0 Å². The van der Waals surface area contributed by atoms with Crippen LogP contribution in [-0.2, 0) is 18.4 Å². The molecule has 0 aliphatic carbocycles. The molecule has 1 aromatic heterocycles. The summed E-state index contributed by atoms with van der Waals surface area (Å²) in [5.41, 5.74) is 1.79. The van der Waals surface area contributed by atoms with Crippen LogP contribution in [0.3, 0.4) is 0 Å². The summed E-state index contributed by atoms with van der Waals surface area (Å²) < 4.78 is 1.69. The number of aliphatic carboxylic acids is 1. The lowest BCUT2D eigenvalue weighted by Crippen LogP contribution is -2.45. The van der Waals surface area contributed by atoms with Gasteiger partial charge in [0.1, 0.15) is 6.04 Å². The van der Waals surface area contributed by atoms with E-state index >= 15 is 0 Å². The molecule has 1 aliphatic rings. The van der Waals surface area contributed by atoms with Crippen LogP contribution in [0.15, 0.2) is 6.20 Å². The van der Waals surface area contributed by atoms with Crippen LogP contribution in [0.4, 0.5) is 4.79 Å². The van der Waals surface area contributed by atoms with E-state index in [1.165, 1.54) is 4.90 Å². The maximum atomic E-state index is 12.0. The Hall–Kier alpha value is -2.05. The van der Waals surface area contributed by atoms with Gasteiger partial charge in [-0.2, -0.15) is 5.10 Å². The summed E-state index contributed by atoms with van der Waals surface area (Å²) in [6, 6.07) is -1.02. The number of aryl methyl sites for hydroxylation is 2. The SMILES string of the molecule is Cc1nn(C)cc1CNC(=O)N1CCCC1C(=O)O. The van der Waals surface area contributed by atoms with Gasteiger partial charge in [-0.1, -0.05) is 0 Å². The first-order valence-corrected chi connectivity index (χ1v) is 6.25. The van der Waals surface area contributed by atoms with Gasteiger partial charge in [0.25, 0.3) is 0 Å². The van der Waals surface area contributed by atoms with Crippen LogP contribution in [0.2, 0.25) is 0 Å². The van der Waals surface area contributed by atoms with E-state index in [1.54, 1.807) is 4.68 Å². The van der Waals surface area contributed by atoms with Crippen molar-refractivity contribution in [2.45, 2.75) is 32.4 Å². The van der Waals surface area contributed by atoms with E-state index in [0.717, 1.165) is 17.7 Å². The van der Waals surface area contributed by atoms with Crippen molar-refractivity contribution in [3.63, 3.8) is 0 Å². The van der Waals surface area contributed by atoms with E-state index in [1.807, 2.05) is 20.2 Å². The molecule has 7 nitrogen and oxygen atoms in total. The first-order chi connectivity index (χ1) is 8.99. The first kappa shape index (κ1) is 13.4.